The van der Waals surface area contributed by atoms with E-state index in [0.717, 1.165) is 15.2 Å². The molecular formula is C21H30N4O12. The lowest BCUT2D eigenvalue weighted by Gasteiger charge is -2.20. The van der Waals surface area contributed by atoms with E-state index in [2.05, 4.69) is 9.97 Å². The largest absolute Gasteiger partial charge is 0.394 e. The second-order valence-electron chi connectivity index (χ2n) is 8.37. The van der Waals surface area contributed by atoms with E-state index in [0.29, 0.717) is 5.56 Å². The van der Waals surface area contributed by atoms with E-state index >= 15 is 0 Å². The number of ether oxygens (including phenoxy) is 4. The Kier molecular flexibility index (Phi) is 9.32. The standard InChI is InChI=1S/C11H16N2O6.C10H14N2O6/c1-5-3-13(11(17)12-9(5)16)10-8(18-2)7(15)6(4-14)19-10;1-17-8-7(15)5(4-13)18-9(8)12-3-2-6(14)11-10(12)16/h3,6-8,10,14-15H,4H2,1-2H3,(H,12,16,17);2-3,5,7-9,13,15H,4H2,1H3,(H,11,14,16)/t6-,7-,8-,10-;5-,7-,8-,9-/m11/s1. The van der Waals surface area contributed by atoms with Crippen LogP contribution in [0.25, 0.3) is 0 Å². The minimum atomic E-state index is -1.06. The Morgan fingerprint density at radius 2 is 1.35 bits per heavy atom. The minimum absolute atomic E-state index is 0.333. The second-order valence-corrected chi connectivity index (χ2v) is 8.37. The zero-order valence-corrected chi connectivity index (χ0v) is 20.2. The summed E-state index contributed by atoms with van der Waals surface area (Å²) in [5.74, 6) is 0. The van der Waals surface area contributed by atoms with Gasteiger partial charge >= 0.3 is 11.4 Å². The second kappa shape index (κ2) is 12.1. The van der Waals surface area contributed by atoms with Crippen LogP contribution in [-0.4, -0.2) is 104 Å². The fraction of sp³-hybridized carbons (Fsp3) is 0.619. The van der Waals surface area contributed by atoms with Gasteiger partial charge in [0.1, 0.15) is 36.6 Å². The SMILES string of the molecule is CO[C@@H]1[C@H](O)[C@@H](CO)O[C@H]1n1cc(C)c(=O)[nH]c1=O.CO[C@@H]1[C@H](O)[C@@H](CO)O[C@H]1n1ccc(=O)[nH]c1=O. The van der Waals surface area contributed by atoms with Crippen molar-refractivity contribution in [2.24, 2.45) is 0 Å². The maximum absolute atomic E-state index is 11.8. The van der Waals surface area contributed by atoms with Crippen molar-refractivity contribution in [2.75, 3.05) is 27.4 Å². The van der Waals surface area contributed by atoms with Crippen molar-refractivity contribution in [2.45, 2.75) is 56.0 Å². The Bertz CT molecular complexity index is 1290. The minimum Gasteiger partial charge on any atom is -0.394 e. The van der Waals surface area contributed by atoms with Gasteiger partial charge in [-0.1, -0.05) is 0 Å². The average Bonchev–Trinajstić information content (AvgIpc) is 3.36. The number of aromatic amines is 2. The van der Waals surface area contributed by atoms with Gasteiger partial charge in [-0.15, -0.1) is 0 Å². The van der Waals surface area contributed by atoms with Crippen molar-refractivity contribution in [3.8, 4) is 0 Å². The third kappa shape index (κ3) is 5.81. The molecule has 2 saturated heterocycles. The number of rotatable bonds is 6. The molecule has 2 fully saturated rings. The van der Waals surface area contributed by atoms with Crippen LogP contribution >= 0.6 is 0 Å². The molecule has 0 amide bonds. The maximum Gasteiger partial charge on any atom is 0.330 e. The first-order valence-corrected chi connectivity index (χ1v) is 11.2. The van der Waals surface area contributed by atoms with Gasteiger partial charge < -0.3 is 39.4 Å². The molecule has 0 unspecified atom stereocenters. The lowest BCUT2D eigenvalue weighted by Crippen LogP contribution is -2.39. The third-order valence-electron chi connectivity index (χ3n) is 6.08. The summed E-state index contributed by atoms with van der Waals surface area (Å²) in [5, 5.41) is 37.9. The molecule has 0 bridgehead atoms. The lowest BCUT2D eigenvalue weighted by molar-refractivity contribution is -0.0626. The summed E-state index contributed by atoms with van der Waals surface area (Å²) in [6.07, 6.45) is -4.59. The number of aliphatic hydroxyl groups is 4. The number of aliphatic hydroxyl groups excluding tert-OH is 4. The number of hydrogen-bond acceptors (Lipinski definition) is 12. The molecule has 4 heterocycles. The van der Waals surface area contributed by atoms with Crippen molar-refractivity contribution in [1.29, 1.82) is 0 Å². The number of H-pyrrole nitrogens is 2. The molecular weight excluding hydrogens is 500 g/mol. The average molecular weight is 530 g/mol. The Morgan fingerprint density at radius 3 is 1.81 bits per heavy atom. The summed E-state index contributed by atoms with van der Waals surface area (Å²) in [6.45, 7) is 0.760. The maximum atomic E-state index is 11.8. The van der Waals surface area contributed by atoms with Crippen LogP contribution in [-0.2, 0) is 18.9 Å². The highest BCUT2D eigenvalue weighted by atomic mass is 16.6. The van der Waals surface area contributed by atoms with Crippen LogP contribution in [0.15, 0.2) is 37.6 Å². The van der Waals surface area contributed by atoms with E-state index in [4.69, 9.17) is 29.2 Å². The van der Waals surface area contributed by atoms with Gasteiger partial charge in [-0.2, -0.15) is 0 Å². The molecule has 2 aromatic heterocycles. The zero-order chi connectivity index (χ0) is 27.4. The number of methoxy groups -OCH3 is 2. The molecule has 2 aliphatic rings. The molecule has 2 aliphatic heterocycles. The first-order chi connectivity index (χ1) is 17.6. The molecule has 206 valence electrons. The summed E-state index contributed by atoms with van der Waals surface area (Å²) < 4.78 is 23.2. The van der Waals surface area contributed by atoms with Crippen LogP contribution in [0.3, 0.4) is 0 Å². The van der Waals surface area contributed by atoms with Gasteiger partial charge in [-0.25, -0.2) is 9.59 Å². The van der Waals surface area contributed by atoms with E-state index in [1.54, 1.807) is 6.92 Å². The number of nitrogens with zero attached hydrogens (tertiary/aromatic N) is 2. The van der Waals surface area contributed by atoms with Crippen LogP contribution in [0.1, 0.15) is 18.0 Å². The van der Waals surface area contributed by atoms with Gasteiger partial charge in [-0.05, 0) is 6.92 Å². The highest BCUT2D eigenvalue weighted by Crippen LogP contribution is 2.31. The molecule has 0 radical (unpaired) electrons. The number of aryl methyl sites for hydroxylation is 1. The van der Waals surface area contributed by atoms with Crippen molar-refractivity contribution in [1.82, 2.24) is 19.1 Å². The number of aromatic nitrogens is 4. The normalized spacial score (nSPS) is 31.2. The molecule has 4 rings (SSSR count). The van der Waals surface area contributed by atoms with Crippen molar-refractivity contribution in [3.63, 3.8) is 0 Å². The Morgan fingerprint density at radius 1 is 0.865 bits per heavy atom. The highest BCUT2D eigenvalue weighted by Gasteiger charge is 2.46. The predicted octanol–water partition coefficient (Wildman–Crippen LogP) is -4.09. The molecule has 8 atom stereocenters. The third-order valence-corrected chi connectivity index (χ3v) is 6.08. The fourth-order valence-electron chi connectivity index (χ4n) is 4.10. The molecule has 6 N–H and O–H groups in total. The Balaban J connectivity index is 0.000000206. The van der Waals surface area contributed by atoms with Gasteiger partial charge in [0.05, 0.1) is 13.2 Å². The molecule has 0 aromatic carbocycles. The van der Waals surface area contributed by atoms with Crippen molar-refractivity contribution < 1.29 is 39.4 Å². The van der Waals surface area contributed by atoms with Gasteiger partial charge in [0.2, 0.25) is 0 Å². The van der Waals surface area contributed by atoms with E-state index < -0.39 is 84.8 Å². The van der Waals surface area contributed by atoms with E-state index in [-0.39, 0.29) is 0 Å². The summed E-state index contributed by atoms with van der Waals surface area (Å²) >= 11 is 0. The Hall–Kier alpha value is -2.96. The van der Waals surface area contributed by atoms with Crippen LogP contribution in [0, 0.1) is 6.92 Å². The highest BCUT2D eigenvalue weighted by molar-refractivity contribution is 5.03. The zero-order valence-electron chi connectivity index (χ0n) is 20.2. The summed E-state index contributed by atoms with van der Waals surface area (Å²) in [5.41, 5.74) is -2.00. The monoisotopic (exact) mass is 530 g/mol. The first-order valence-electron chi connectivity index (χ1n) is 11.2. The van der Waals surface area contributed by atoms with Gasteiger partial charge in [0.25, 0.3) is 11.1 Å². The van der Waals surface area contributed by atoms with E-state index in [1.165, 1.54) is 26.6 Å². The summed E-state index contributed by atoms with van der Waals surface area (Å²) in [4.78, 5) is 49.9. The lowest BCUT2D eigenvalue weighted by atomic mass is 10.1. The summed E-state index contributed by atoms with van der Waals surface area (Å²) in [7, 11) is 2.73. The van der Waals surface area contributed by atoms with Crippen molar-refractivity contribution in [3.05, 3.63) is 65.7 Å². The summed E-state index contributed by atoms with van der Waals surface area (Å²) in [6, 6.07) is 1.16. The molecule has 2 aromatic rings. The number of hydrogen-bond donors (Lipinski definition) is 6. The van der Waals surface area contributed by atoms with Gasteiger partial charge in [0.15, 0.2) is 12.5 Å². The number of nitrogens with one attached hydrogen (secondary N) is 2. The molecule has 0 aliphatic carbocycles. The van der Waals surface area contributed by atoms with Crippen LogP contribution in [0.2, 0.25) is 0 Å². The topological polar surface area (TPSA) is 228 Å². The smallest absolute Gasteiger partial charge is 0.330 e. The van der Waals surface area contributed by atoms with Crippen LogP contribution < -0.4 is 22.5 Å². The van der Waals surface area contributed by atoms with E-state index in [9.17, 15) is 29.4 Å². The van der Waals surface area contributed by atoms with Crippen LogP contribution in [0.5, 0.6) is 0 Å². The predicted molar refractivity (Wildman–Crippen MR) is 123 cm³/mol. The van der Waals surface area contributed by atoms with E-state index in [1.807, 2.05) is 0 Å². The fourth-order valence-corrected chi connectivity index (χ4v) is 4.10. The molecule has 0 saturated carbocycles. The van der Waals surface area contributed by atoms with Crippen LogP contribution in [0.4, 0.5) is 0 Å². The van der Waals surface area contributed by atoms with Gasteiger partial charge in [-0.3, -0.25) is 28.7 Å². The van der Waals surface area contributed by atoms with Crippen molar-refractivity contribution >= 4 is 0 Å². The molecule has 16 nitrogen and oxygen atoms in total. The Labute approximate surface area is 208 Å². The first kappa shape index (κ1) is 28.6. The molecule has 16 heteroatoms. The van der Waals surface area contributed by atoms with Gasteiger partial charge in [0, 0.05) is 38.2 Å². The molecule has 0 spiro atoms. The quantitative estimate of drug-likeness (QED) is 0.209. The molecule has 37 heavy (non-hydrogen) atoms.